The molecule has 0 fully saturated rings. The first-order chi connectivity index (χ1) is 2.27. The molecule has 0 saturated heterocycles. The van der Waals surface area contributed by atoms with Crippen molar-refractivity contribution in [3.05, 3.63) is 0 Å². The standard InChI is InChI=1S/CH8BrNSi2/c2-1-3(4)5/h1H2,4-5H3. The molecule has 0 unspecified atom stereocenters. The smallest absolute Gasteiger partial charge is 0.0706 e. The van der Waals surface area contributed by atoms with Crippen LogP contribution in [0.2, 0.25) is 0 Å². The Morgan fingerprint density at radius 2 is 1.80 bits per heavy atom. The first-order valence-corrected chi connectivity index (χ1v) is 4.39. The second kappa shape index (κ2) is 3.08. The molecule has 0 atom stereocenters. The molecule has 0 rings (SSSR count). The van der Waals surface area contributed by atoms with Crippen molar-refractivity contribution in [2.24, 2.45) is 0 Å². The summed E-state index contributed by atoms with van der Waals surface area (Å²) in [5.74, 6) is 0. The van der Waals surface area contributed by atoms with Crippen molar-refractivity contribution in [2.75, 3.05) is 5.45 Å². The highest BCUT2D eigenvalue weighted by Gasteiger charge is 1.73. The quantitative estimate of drug-likeness (QED) is 0.255. The van der Waals surface area contributed by atoms with Crippen LogP contribution in [-0.2, 0) is 0 Å². The Labute approximate surface area is 46.9 Å². The van der Waals surface area contributed by atoms with Gasteiger partial charge in [-0.3, -0.25) is 0 Å². The lowest BCUT2D eigenvalue weighted by Crippen LogP contribution is -2.11. The van der Waals surface area contributed by atoms with Gasteiger partial charge in [-0.1, -0.05) is 15.9 Å². The summed E-state index contributed by atoms with van der Waals surface area (Å²) in [5, 5.41) is 0. The fourth-order valence-corrected chi connectivity index (χ4v) is 0. The molecule has 0 saturated carbocycles. The minimum atomic E-state index is 1.07. The monoisotopic (exact) mass is 169 g/mol. The van der Waals surface area contributed by atoms with Gasteiger partial charge in [0, 0.05) is 5.45 Å². The number of nitrogens with zero attached hydrogens (tertiary/aromatic N) is 1. The number of rotatable bonds is 1. The Hall–Kier alpha value is 0.874. The average Bonchev–Trinajstić information content (AvgIpc) is 1.38. The zero-order valence-corrected chi connectivity index (χ0v) is 9.12. The van der Waals surface area contributed by atoms with Gasteiger partial charge in [0.1, 0.15) is 0 Å². The third-order valence-electron chi connectivity index (χ3n) is 0.239. The fraction of sp³-hybridized carbons (Fsp3) is 1.00. The van der Waals surface area contributed by atoms with Crippen LogP contribution in [0.5, 0.6) is 0 Å². The van der Waals surface area contributed by atoms with Crippen LogP contribution in [-0.4, -0.2) is 30.5 Å². The van der Waals surface area contributed by atoms with Crippen LogP contribution in [0.15, 0.2) is 0 Å². The van der Waals surface area contributed by atoms with Crippen molar-refractivity contribution in [1.82, 2.24) is 4.23 Å². The van der Waals surface area contributed by atoms with Gasteiger partial charge in [0.05, 0.1) is 20.8 Å². The molecule has 4 heteroatoms. The maximum Gasteiger partial charge on any atom is 0.0706 e. The summed E-state index contributed by atoms with van der Waals surface area (Å²) in [4.78, 5) is 0. The Balaban J connectivity index is 2.54. The number of halogens is 1. The van der Waals surface area contributed by atoms with Gasteiger partial charge in [-0.25, -0.2) is 0 Å². The molecule has 5 heavy (non-hydrogen) atoms. The zero-order chi connectivity index (χ0) is 4.28. The molecule has 32 valence electrons. The van der Waals surface area contributed by atoms with Crippen molar-refractivity contribution in [3.63, 3.8) is 0 Å². The maximum atomic E-state index is 3.31. The molecule has 0 aromatic rings. The van der Waals surface area contributed by atoms with E-state index in [2.05, 4.69) is 20.2 Å². The van der Waals surface area contributed by atoms with Crippen molar-refractivity contribution in [2.45, 2.75) is 0 Å². The van der Waals surface area contributed by atoms with Gasteiger partial charge in [0.25, 0.3) is 0 Å². The Bertz CT molecular complexity index is 23.6. The highest BCUT2D eigenvalue weighted by atomic mass is 79.9. The highest BCUT2D eigenvalue weighted by Crippen LogP contribution is 1.76. The van der Waals surface area contributed by atoms with Crippen LogP contribution < -0.4 is 0 Å². The predicted molar refractivity (Wildman–Crippen MR) is 35.5 cm³/mol. The normalized spacial score (nSPS) is 10.8. The molecule has 0 aliphatic heterocycles. The number of alkyl halides is 1. The molecule has 1 nitrogen and oxygen atoms in total. The van der Waals surface area contributed by atoms with E-state index >= 15 is 0 Å². The molecule has 0 amide bonds. The van der Waals surface area contributed by atoms with E-state index in [0.717, 1.165) is 5.45 Å². The third-order valence-corrected chi connectivity index (χ3v) is 3.73. The minimum Gasteiger partial charge on any atom is -0.352 e. The molecular formula is CH8BrNSi2. The Morgan fingerprint density at radius 1 is 1.60 bits per heavy atom. The van der Waals surface area contributed by atoms with E-state index in [0.29, 0.717) is 0 Å². The Kier molecular flexibility index (Phi) is 3.62. The van der Waals surface area contributed by atoms with Gasteiger partial charge in [-0.05, 0) is 0 Å². The van der Waals surface area contributed by atoms with Gasteiger partial charge in [0.15, 0.2) is 0 Å². The third kappa shape index (κ3) is 4.87. The molecule has 0 N–H and O–H groups in total. The summed E-state index contributed by atoms with van der Waals surface area (Å²) in [5.41, 5.74) is 1.07. The largest absolute Gasteiger partial charge is 0.352 e. The second-order valence-electron chi connectivity index (χ2n) is 1.20. The maximum absolute atomic E-state index is 3.31. The molecule has 0 bridgehead atoms. The number of hydrogen-bond acceptors (Lipinski definition) is 1. The Morgan fingerprint density at radius 3 is 1.80 bits per heavy atom. The van der Waals surface area contributed by atoms with E-state index in [1.807, 2.05) is 0 Å². The lowest BCUT2D eigenvalue weighted by atomic mass is 11.6. The van der Waals surface area contributed by atoms with E-state index in [1.165, 1.54) is 20.8 Å². The fourth-order valence-electron chi connectivity index (χ4n) is 0. The van der Waals surface area contributed by atoms with E-state index in [9.17, 15) is 0 Å². The lowest BCUT2D eigenvalue weighted by molar-refractivity contribution is 0.864. The molecule has 0 aliphatic rings. The summed E-state index contributed by atoms with van der Waals surface area (Å²) in [6, 6.07) is 0. The lowest BCUT2D eigenvalue weighted by Gasteiger charge is -1.99. The SMILES string of the molecule is [SiH3]N([SiH3])CBr. The van der Waals surface area contributed by atoms with E-state index in [1.54, 1.807) is 0 Å². The van der Waals surface area contributed by atoms with Crippen LogP contribution in [0.25, 0.3) is 0 Å². The summed E-state index contributed by atoms with van der Waals surface area (Å²) < 4.78 is 2.32. The summed E-state index contributed by atoms with van der Waals surface area (Å²) in [7, 11) is 2.44. The molecule has 0 aliphatic carbocycles. The predicted octanol–water partition coefficient (Wildman–Crippen LogP) is -1.80. The van der Waals surface area contributed by atoms with Crippen LogP contribution >= 0.6 is 15.9 Å². The zero-order valence-electron chi connectivity index (χ0n) is 3.53. The first-order valence-electron chi connectivity index (χ1n) is 1.48. The van der Waals surface area contributed by atoms with Crippen molar-refractivity contribution >= 4 is 36.7 Å². The van der Waals surface area contributed by atoms with E-state index < -0.39 is 0 Å². The number of hydrogen-bond donors (Lipinski definition) is 0. The van der Waals surface area contributed by atoms with Gasteiger partial charge >= 0.3 is 0 Å². The van der Waals surface area contributed by atoms with Crippen molar-refractivity contribution < 1.29 is 0 Å². The molecule has 0 heterocycles. The average molecular weight is 170 g/mol. The molecule has 0 radical (unpaired) electrons. The molecular weight excluding hydrogens is 162 g/mol. The van der Waals surface area contributed by atoms with Gasteiger partial charge in [-0.15, -0.1) is 0 Å². The van der Waals surface area contributed by atoms with Gasteiger partial charge in [-0.2, -0.15) is 0 Å². The first kappa shape index (κ1) is 5.87. The van der Waals surface area contributed by atoms with Crippen molar-refractivity contribution in [1.29, 1.82) is 0 Å². The van der Waals surface area contributed by atoms with Crippen LogP contribution in [0, 0.1) is 0 Å². The van der Waals surface area contributed by atoms with Gasteiger partial charge in [0.2, 0.25) is 0 Å². The molecule has 0 aromatic carbocycles. The van der Waals surface area contributed by atoms with Crippen LogP contribution in [0.4, 0.5) is 0 Å². The summed E-state index contributed by atoms with van der Waals surface area (Å²) in [6.45, 7) is 0. The van der Waals surface area contributed by atoms with Gasteiger partial charge < -0.3 is 4.23 Å². The molecule has 0 aromatic heterocycles. The molecule has 0 spiro atoms. The van der Waals surface area contributed by atoms with Crippen LogP contribution in [0.3, 0.4) is 0 Å². The summed E-state index contributed by atoms with van der Waals surface area (Å²) >= 11 is 3.31. The second-order valence-corrected chi connectivity index (χ2v) is 6.54. The highest BCUT2D eigenvalue weighted by molar-refractivity contribution is 9.09. The van der Waals surface area contributed by atoms with Crippen LogP contribution in [0.1, 0.15) is 0 Å². The summed E-state index contributed by atoms with van der Waals surface area (Å²) in [6.07, 6.45) is 0. The van der Waals surface area contributed by atoms with E-state index in [-0.39, 0.29) is 0 Å². The minimum absolute atomic E-state index is 1.07. The van der Waals surface area contributed by atoms with Crippen molar-refractivity contribution in [3.8, 4) is 0 Å². The topological polar surface area (TPSA) is 3.24 Å². The van der Waals surface area contributed by atoms with E-state index in [4.69, 9.17) is 0 Å².